The highest BCUT2D eigenvalue weighted by Gasteiger charge is 2.38. The molecule has 0 radical (unpaired) electrons. The molecule has 94 valence electrons. The van der Waals surface area contributed by atoms with Gasteiger partial charge in [-0.15, -0.1) is 0 Å². The number of alkyl halides is 3. The third-order valence-electron chi connectivity index (χ3n) is 3.17. The van der Waals surface area contributed by atoms with Crippen molar-refractivity contribution in [3.05, 3.63) is 35.1 Å². The van der Waals surface area contributed by atoms with Crippen LogP contribution in [0.15, 0.2) is 18.2 Å². The number of aryl methyl sites for hydroxylation is 1. The average Bonchev–Trinajstić information content (AvgIpc) is 2.94. The summed E-state index contributed by atoms with van der Waals surface area (Å²) in [4.78, 5) is 0. The third kappa shape index (κ3) is 2.77. The number of rotatable bonds is 3. The molecule has 2 rings (SSSR count). The van der Waals surface area contributed by atoms with Gasteiger partial charge in [-0.05, 0) is 37.3 Å². The van der Waals surface area contributed by atoms with Gasteiger partial charge in [-0.2, -0.15) is 13.2 Å². The van der Waals surface area contributed by atoms with E-state index >= 15 is 0 Å². The second-order valence-corrected chi connectivity index (χ2v) is 4.64. The summed E-state index contributed by atoms with van der Waals surface area (Å²) in [7, 11) is 0. The lowest BCUT2D eigenvalue weighted by Gasteiger charge is -2.12. The molecule has 1 fully saturated rings. The Labute approximate surface area is 96.6 Å². The van der Waals surface area contributed by atoms with Gasteiger partial charge in [0, 0.05) is 5.54 Å². The smallest absolute Gasteiger partial charge is 0.325 e. The van der Waals surface area contributed by atoms with Crippen molar-refractivity contribution in [1.82, 2.24) is 0 Å². The van der Waals surface area contributed by atoms with E-state index in [1.54, 1.807) is 0 Å². The van der Waals surface area contributed by atoms with Gasteiger partial charge in [0.1, 0.15) is 5.82 Å². The molecular formula is C12H13F4N. The van der Waals surface area contributed by atoms with E-state index < -0.39 is 17.6 Å². The van der Waals surface area contributed by atoms with Gasteiger partial charge in [0.25, 0.3) is 0 Å². The van der Waals surface area contributed by atoms with Crippen molar-refractivity contribution in [2.24, 2.45) is 5.73 Å². The summed E-state index contributed by atoms with van der Waals surface area (Å²) >= 11 is 0. The van der Waals surface area contributed by atoms with Gasteiger partial charge in [0.05, 0.1) is 5.56 Å². The Kier molecular flexibility index (Phi) is 2.89. The standard InChI is InChI=1S/C12H13F4N/c13-10-8(4-5-11(17)6-7-11)2-1-3-9(10)12(14,15)16/h1-3H,4-7,17H2. The Morgan fingerprint density at radius 2 is 1.88 bits per heavy atom. The Hall–Kier alpha value is -1.10. The van der Waals surface area contributed by atoms with Crippen LogP contribution in [0.3, 0.4) is 0 Å². The number of halogens is 4. The molecule has 1 aliphatic carbocycles. The molecular weight excluding hydrogens is 234 g/mol. The molecule has 1 saturated carbocycles. The first kappa shape index (κ1) is 12.4. The van der Waals surface area contributed by atoms with E-state index in [9.17, 15) is 17.6 Å². The molecule has 1 nitrogen and oxygen atoms in total. The zero-order valence-electron chi connectivity index (χ0n) is 9.15. The lowest BCUT2D eigenvalue weighted by Crippen LogP contribution is -2.22. The summed E-state index contributed by atoms with van der Waals surface area (Å²) in [6.45, 7) is 0. The molecule has 0 amide bonds. The second kappa shape index (κ2) is 3.98. The van der Waals surface area contributed by atoms with Gasteiger partial charge in [0.2, 0.25) is 0 Å². The van der Waals surface area contributed by atoms with E-state index in [1.807, 2.05) is 0 Å². The minimum absolute atomic E-state index is 0.0940. The maximum absolute atomic E-state index is 13.6. The van der Waals surface area contributed by atoms with Gasteiger partial charge in [0.15, 0.2) is 0 Å². The highest BCUT2D eigenvalue weighted by atomic mass is 19.4. The number of hydrogen-bond acceptors (Lipinski definition) is 1. The molecule has 0 atom stereocenters. The van der Waals surface area contributed by atoms with Crippen LogP contribution in [0.1, 0.15) is 30.4 Å². The van der Waals surface area contributed by atoms with E-state index in [4.69, 9.17) is 5.73 Å². The summed E-state index contributed by atoms with van der Waals surface area (Å²) in [6.07, 6.45) is -2.11. The monoisotopic (exact) mass is 247 g/mol. The Morgan fingerprint density at radius 3 is 2.41 bits per heavy atom. The molecule has 0 heterocycles. The van der Waals surface area contributed by atoms with Crippen LogP contribution in [0.2, 0.25) is 0 Å². The van der Waals surface area contributed by atoms with Gasteiger partial charge in [-0.25, -0.2) is 4.39 Å². The first-order chi connectivity index (χ1) is 7.82. The van der Waals surface area contributed by atoms with E-state index in [-0.39, 0.29) is 17.5 Å². The maximum Gasteiger partial charge on any atom is 0.419 e. The minimum Gasteiger partial charge on any atom is -0.325 e. The lowest BCUT2D eigenvalue weighted by atomic mass is 10.0. The van der Waals surface area contributed by atoms with Gasteiger partial charge >= 0.3 is 6.18 Å². The van der Waals surface area contributed by atoms with Crippen molar-refractivity contribution in [2.45, 2.75) is 37.4 Å². The zero-order valence-corrected chi connectivity index (χ0v) is 9.15. The van der Waals surface area contributed by atoms with E-state index in [2.05, 4.69) is 0 Å². The average molecular weight is 247 g/mol. The van der Waals surface area contributed by atoms with Crippen LogP contribution in [0.5, 0.6) is 0 Å². The van der Waals surface area contributed by atoms with Gasteiger partial charge in [-0.3, -0.25) is 0 Å². The van der Waals surface area contributed by atoms with Crippen molar-refractivity contribution in [3.63, 3.8) is 0 Å². The van der Waals surface area contributed by atoms with Crippen molar-refractivity contribution >= 4 is 0 Å². The molecule has 1 aliphatic rings. The fourth-order valence-electron chi connectivity index (χ4n) is 1.79. The number of hydrogen-bond donors (Lipinski definition) is 1. The van der Waals surface area contributed by atoms with Crippen LogP contribution < -0.4 is 5.73 Å². The largest absolute Gasteiger partial charge is 0.419 e. The Bertz CT molecular complexity index is 421. The summed E-state index contributed by atoms with van der Waals surface area (Å²) in [5, 5.41) is 0. The van der Waals surface area contributed by atoms with Crippen LogP contribution in [-0.4, -0.2) is 5.54 Å². The molecule has 0 bridgehead atoms. The zero-order chi connectivity index (χ0) is 12.7. The van der Waals surface area contributed by atoms with E-state index in [0.29, 0.717) is 6.42 Å². The molecule has 17 heavy (non-hydrogen) atoms. The third-order valence-corrected chi connectivity index (χ3v) is 3.17. The normalized spacial score (nSPS) is 18.2. The highest BCUT2D eigenvalue weighted by Crippen LogP contribution is 2.38. The van der Waals surface area contributed by atoms with Crippen molar-refractivity contribution in [1.29, 1.82) is 0 Å². The predicted molar refractivity (Wildman–Crippen MR) is 55.9 cm³/mol. The number of nitrogens with two attached hydrogens (primary N) is 1. The number of benzene rings is 1. The summed E-state index contributed by atoms with van der Waals surface area (Å²) in [6, 6.07) is 3.38. The molecule has 0 saturated heterocycles. The van der Waals surface area contributed by atoms with Crippen LogP contribution >= 0.6 is 0 Å². The molecule has 0 aliphatic heterocycles. The van der Waals surface area contributed by atoms with Crippen molar-refractivity contribution < 1.29 is 17.6 Å². The van der Waals surface area contributed by atoms with E-state index in [0.717, 1.165) is 18.9 Å². The molecule has 5 heteroatoms. The van der Waals surface area contributed by atoms with Gasteiger partial charge in [-0.1, -0.05) is 12.1 Å². The van der Waals surface area contributed by atoms with Crippen LogP contribution in [0.4, 0.5) is 17.6 Å². The van der Waals surface area contributed by atoms with Crippen LogP contribution in [0.25, 0.3) is 0 Å². The fraction of sp³-hybridized carbons (Fsp3) is 0.500. The second-order valence-electron chi connectivity index (χ2n) is 4.64. The first-order valence-electron chi connectivity index (χ1n) is 5.45. The Morgan fingerprint density at radius 1 is 1.24 bits per heavy atom. The quantitative estimate of drug-likeness (QED) is 0.815. The first-order valence-corrected chi connectivity index (χ1v) is 5.45. The van der Waals surface area contributed by atoms with Crippen LogP contribution in [0, 0.1) is 5.82 Å². The lowest BCUT2D eigenvalue weighted by molar-refractivity contribution is -0.140. The highest BCUT2D eigenvalue weighted by molar-refractivity contribution is 5.28. The topological polar surface area (TPSA) is 26.0 Å². The SMILES string of the molecule is NC1(CCc2cccc(C(F)(F)F)c2F)CC1. The molecule has 0 spiro atoms. The molecule has 2 N–H and O–H groups in total. The Balaban J connectivity index is 2.17. The van der Waals surface area contributed by atoms with Gasteiger partial charge < -0.3 is 5.73 Å². The van der Waals surface area contributed by atoms with E-state index in [1.165, 1.54) is 12.1 Å². The minimum atomic E-state index is -4.64. The fourth-order valence-corrected chi connectivity index (χ4v) is 1.79. The van der Waals surface area contributed by atoms with Crippen molar-refractivity contribution in [2.75, 3.05) is 0 Å². The van der Waals surface area contributed by atoms with Crippen LogP contribution in [-0.2, 0) is 12.6 Å². The molecule has 1 aromatic carbocycles. The molecule has 0 unspecified atom stereocenters. The summed E-state index contributed by atoms with van der Waals surface area (Å²) in [5.41, 5.74) is 4.44. The molecule has 1 aromatic rings. The molecule has 0 aromatic heterocycles. The maximum atomic E-state index is 13.6. The summed E-state index contributed by atoms with van der Waals surface area (Å²) in [5.74, 6) is -1.16. The summed E-state index contributed by atoms with van der Waals surface area (Å²) < 4.78 is 51.0. The van der Waals surface area contributed by atoms with Crippen molar-refractivity contribution in [3.8, 4) is 0 Å². The predicted octanol–water partition coefficient (Wildman–Crippen LogP) is 3.27.